The summed E-state index contributed by atoms with van der Waals surface area (Å²) in [5.41, 5.74) is 0.624. The molecule has 1 N–H and O–H groups in total. The zero-order valence-corrected chi connectivity index (χ0v) is 11.0. The molecule has 20 heavy (non-hydrogen) atoms. The number of hydrogen-bond donors (Lipinski definition) is 1. The molecule has 7 heteroatoms. The van der Waals surface area contributed by atoms with Gasteiger partial charge in [-0.15, -0.1) is 5.10 Å². The van der Waals surface area contributed by atoms with Crippen molar-refractivity contribution in [1.29, 1.82) is 0 Å². The molecular weight excluding hydrogens is 279 g/mol. The van der Waals surface area contributed by atoms with Crippen LogP contribution < -0.4 is 0 Å². The van der Waals surface area contributed by atoms with Crippen molar-refractivity contribution >= 4 is 18.4 Å². The maximum absolute atomic E-state index is 13.1. The van der Waals surface area contributed by atoms with Gasteiger partial charge in [0.25, 0.3) is 0 Å². The van der Waals surface area contributed by atoms with Crippen LogP contribution in [0.4, 0.5) is 4.39 Å². The molecule has 5 nitrogen and oxygen atoms in total. The van der Waals surface area contributed by atoms with E-state index in [0.29, 0.717) is 21.9 Å². The molecule has 0 aliphatic heterocycles. The number of benzene rings is 1. The zero-order chi connectivity index (χ0) is 13.9. The first kappa shape index (κ1) is 12.5. The Morgan fingerprint density at radius 1 is 1.35 bits per heavy atom. The van der Waals surface area contributed by atoms with E-state index in [1.165, 1.54) is 29.3 Å². The van der Waals surface area contributed by atoms with Gasteiger partial charge in [-0.05, 0) is 42.0 Å². The summed E-state index contributed by atoms with van der Waals surface area (Å²) in [6, 6.07) is 9.59. The summed E-state index contributed by atoms with van der Waals surface area (Å²) in [6.45, 7) is 0. The van der Waals surface area contributed by atoms with E-state index in [1.54, 1.807) is 24.3 Å². The average molecular weight is 288 g/mol. The molecule has 0 unspecified atom stereocenters. The number of aromatic nitrogens is 3. The lowest BCUT2D eigenvalue weighted by molar-refractivity contribution is 0.573. The molecule has 0 radical (unpaired) electrons. The molecule has 0 bridgehead atoms. The summed E-state index contributed by atoms with van der Waals surface area (Å²) in [5, 5.41) is 10.9. The molecular formula is C13H9FN4OS. The Kier molecular flexibility index (Phi) is 3.26. The first-order chi connectivity index (χ1) is 9.74. The molecule has 0 fully saturated rings. The van der Waals surface area contributed by atoms with Crippen LogP contribution in [0.1, 0.15) is 5.56 Å². The second kappa shape index (κ2) is 5.22. The van der Waals surface area contributed by atoms with E-state index in [4.69, 9.17) is 16.6 Å². The summed E-state index contributed by atoms with van der Waals surface area (Å²) in [5.74, 6) is 0.664. The molecule has 0 spiro atoms. The maximum atomic E-state index is 13.1. The number of nitrogens with zero attached hydrogens (tertiary/aromatic N) is 3. The Morgan fingerprint density at radius 2 is 2.25 bits per heavy atom. The number of aromatic amines is 1. The smallest absolute Gasteiger partial charge is 0.219 e. The van der Waals surface area contributed by atoms with E-state index in [1.807, 2.05) is 0 Å². The van der Waals surface area contributed by atoms with Crippen molar-refractivity contribution in [1.82, 2.24) is 14.9 Å². The van der Waals surface area contributed by atoms with E-state index in [0.717, 1.165) is 0 Å². The quantitative estimate of drug-likeness (QED) is 0.594. The fourth-order valence-electron chi connectivity index (χ4n) is 1.68. The first-order valence-electron chi connectivity index (χ1n) is 5.75. The number of rotatable bonds is 3. The van der Waals surface area contributed by atoms with Crippen molar-refractivity contribution in [2.24, 2.45) is 5.10 Å². The van der Waals surface area contributed by atoms with E-state index in [-0.39, 0.29) is 5.82 Å². The number of hydrogen-bond acceptors (Lipinski definition) is 4. The normalized spacial score (nSPS) is 11.2. The van der Waals surface area contributed by atoms with Gasteiger partial charge in [-0.25, -0.2) is 9.49 Å². The van der Waals surface area contributed by atoms with Crippen molar-refractivity contribution in [2.75, 3.05) is 0 Å². The fourth-order valence-corrected chi connectivity index (χ4v) is 1.85. The first-order valence-corrected chi connectivity index (χ1v) is 6.16. The molecule has 100 valence electrons. The van der Waals surface area contributed by atoms with Crippen molar-refractivity contribution in [3.05, 3.63) is 58.8 Å². The molecule has 2 aromatic heterocycles. The Bertz CT molecular complexity index is 804. The summed E-state index contributed by atoms with van der Waals surface area (Å²) < 4.78 is 20.1. The van der Waals surface area contributed by atoms with Crippen LogP contribution in [0, 0.1) is 10.6 Å². The van der Waals surface area contributed by atoms with Gasteiger partial charge in [0.15, 0.2) is 5.76 Å². The van der Waals surface area contributed by atoms with Gasteiger partial charge in [0.05, 0.1) is 12.5 Å². The number of halogens is 1. The van der Waals surface area contributed by atoms with Crippen molar-refractivity contribution in [3.63, 3.8) is 0 Å². The van der Waals surface area contributed by atoms with Crippen molar-refractivity contribution in [2.45, 2.75) is 0 Å². The molecule has 3 rings (SSSR count). The lowest BCUT2D eigenvalue weighted by Crippen LogP contribution is -1.94. The van der Waals surface area contributed by atoms with Gasteiger partial charge in [-0.3, -0.25) is 0 Å². The standard InChI is InChI=1S/C13H9FN4OS/c14-10-4-1-3-9(7-10)8-15-18-12(16-17-13(18)20)11-5-2-6-19-11/h1-8H,(H,17,20)/b15-8+. The predicted molar refractivity (Wildman–Crippen MR) is 74.5 cm³/mol. The largest absolute Gasteiger partial charge is 0.461 e. The van der Waals surface area contributed by atoms with Gasteiger partial charge in [-0.1, -0.05) is 12.1 Å². The number of H-pyrrole nitrogens is 1. The summed E-state index contributed by atoms with van der Waals surface area (Å²) in [7, 11) is 0. The van der Waals surface area contributed by atoms with Gasteiger partial charge in [-0.2, -0.15) is 9.78 Å². The van der Waals surface area contributed by atoms with Gasteiger partial charge >= 0.3 is 0 Å². The molecule has 0 saturated carbocycles. The highest BCUT2D eigenvalue weighted by Gasteiger charge is 2.10. The van der Waals surface area contributed by atoms with Crippen LogP contribution in [0.3, 0.4) is 0 Å². The highest BCUT2D eigenvalue weighted by Crippen LogP contribution is 2.17. The third kappa shape index (κ3) is 2.43. The monoisotopic (exact) mass is 288 g/mol. The summed E-state index contributed by atoms with van der Waals surface area (Å²) in [4.78, 5) is 0. The lowest BCUT2D eigenvalue weighted by Gasteiger charge is -1.97. The predicted octanol–water partition coefficient (Wildman–Crippen LogP) is 3.22. The van der Waals surface area contributed by atoms with E-state index in [2.05, 4.69) is 15.3 Å². The van der Waals surface area contributed by atoms with Crippen LogP contribution in [0.5, 0.6) is 0 Å². The number of nitrogens with one attached hydrogen (secondary N) is 1. The third-order valence-electron chi connectivity index (χ3n) is 2.56. The molecule has 1 aromatic carbocycles. The Balaban J connectivity index is 1.99. The second-order valence-electron chi connectivity index (χ2n) is 3.94. The van der Waals surface area contributed by atoms with Crippen LogP contribution >= 0.6 is 12.2 Å². The highest BCUT2D eigenvalue weighted by molar-refractivity contribution is 7.71. The minimum Gasteiger partial charge on any atom is -0.461 e. The van der Waals surface area contributed by atoms with Crippen molar-refractivity contribution < 1.29 is 8.81 Å². The minimum absolute atomic E-state index is 0.323. The van der Waals surface area contributed by atoms with Crippen LogP contribution in [0.2, 0.25) is 0 Å². The van der Waals surface area contributed by atoms with E-state index in [9.17, 15) is 4.39 Å². The summed E-state index contributed by atoms with van der Waals surface area (Å²) >= 11 is 5.10. The Labute approximate surface area is 118 Å². The minimum atomic E-state index is -0.323. The second-order valence-corrected chi connectivity index (χ2v) is 4.33. The van der Waals surface area contributed by atoms with Crippen LogP contribution in [-0.2, 0) is 0 Å². The number of furan rings is 1. The molecule has 0 atom stereocenters. The molecule has 3 aromatic rings. The molecule has 0 aliphatic rings. The topological polar surface area (TPSA) is 59.1 Å². The molecule has 2 heterocycles. The van der Waals surface area contributed by atoms with Crippen LogP contribution in [0.15, 0.2) is 52.2 Å². The Morgan fingerprint density at radius 3 is 3.00 bits per heavy atom. The van der Waals surface area contributed by atoms with Gasteiger partial charge in [0.1, 0.15) is 5.82 Å². The van der Waals surface area contributed by atoms with E-state index >= 15 is 0 Å². The van der Waals surface area contributed by atoms with Gasteiger partial charge < -0.3 is 4.42 Å². The lowest BCUT2D eigenvalue weighted by atomic mass is 10.2. The summed E-state index contributed by atoms with van der Waals surface area (Å²) in [6.07, 6.45) is 3.04. The van der Waals surface area contributed by atoms with Crippen LogP contribution in [0.25, 0.3) is 11.6 Å². The third-order valence-corrected chi connectivity index (χ3v) is 2.83. The van der Waals surface area contributed by atoms with E-state index < -0.39 is 0 Å². The van der Waals surface area contributed by atoms with Gasteiger partial charge in [0.2, 0.25) is 10.6 Å². The SMILES string of the molecule is Fc1cccc(/C=N/n2c(-c3ccco3)n[nH]c2=S)c1. The van der Waals surface area contributed by atoms with Crippen LogP contribution in [-0.4, -0.2) is 21.1 Å². The average Bonchev–Trinajstić information content (AvgIpc) is 3.06. The fraction of sp³-hybridized carbons (Fsp3) is 0. The van der Waals surface area contributed by atoms with Gasteiger partial charge in [0, 0.05) is 0 Å². The molecule has 0 aliphatic carbocycles. The highest BCUT2D eigenvalue weighted by atomic mass is 32.1. The zero-order valence-electron chi connectivity index (χ0n) is 10.2. The van der Waals surface area contributed by atoms with Crippen molar-refractivity contribution in [3.8, 4) is 11.6 Å². The molecule has 0 saturated heterocycles. The molecule has 0 amide bonds. The Hall–Kier alpha value is -2.54. The maximum Gasteiger partial charge on any atom is 0.219 e.